The molecule has 2 aliphatic heterocycles. The van der Waals surface area contributed by atoms with Crippen LogP contribution in [0.25, 0.3) is 0 Å². The van der Waals surface area contributed by atoms with E-state index in [0.717, 1.165) is 76.5 Å². The van der Waals surface area contributed by atoms with Gasteiger partial charge in [-0.2, -0.15) is 0 Å². The van der Waals surface area contributed by atoms with Crippen LogP contribution < -0.4 is 4.90 Å². The molecule has 0 spiro atoms. The number of piperidine rings is 1. The van der Waals surface area contributed by atoms with E-state index in [1.54, 1.807) is 6.26 Å². The smallest absolute Gasteiger partial charge is 0.226 e. The third-order valence-corrected chi connectivity index (χ3v) is 6.27. The fraction of sp³-hybridized carbons (Fsp3) is 0.500. The van der Waals surface area contributed by atoms with Crippen molar-refractivity contribution < 1.29 is 18.7 Å². The zero-order valence-electron chi connectivity index (χ0n) is 17.9. The maximum Gasteiger partial charge on any atom is 0.226 e. The first-order valence-corrected chi connectivity index (χ1v) is 11.1. The second-order valence-electron chi connectivity index (χ2n) is 8.26. The van der Waals surface area contributed by atoms with Gasteiger partial charge in [0.2, 0.25) is 5.91 Å². The average molecular weight is 426 g/mol. The first kappa shape index (κ1) is 21.6. The Labute approximate surface area is 183 Å². The molecule has 31 heavy (non-hydrogen) atoms. The molecule has 2 saturated heterocycles. The van der Waals surface area contributed by atoms with Gasteiger partial charge in [-0.25, -0.2) is 0 Å². The summed E-state index contributed by atoms with van der Waals surface area (Å²) >= 11 is 0. The van der Waals surface area contributed by atoms with Gasteiger partial charge in [-0.1, -0.05) is 0 Å². The van der Waals surface area contributed by atoms with Crippen LogP contribution in [-0.2, 0) is 16.1 Å². The molecule has 2 aliphatic rings. The SMILES string of the molecule is O=Cc1ccc(N2CCC(C(=O)N(CCN3CCOCC3)Cc3ccco3)CC2)cc1. The summed E-state index contributed by atoms with van der Waals surface area (Å²) in [4.78, 5) is 30.9. The number of aldehydes is 1. The third-order valence-electron chi connectivity index (χ3n) is 6.27. The van der Waals surface area contributed by atoms with Gasteiger partial charge in [0, 0.05) is 56.4 Å². The van der Waals surface area contributed by atoms with Crippen molar-refractivity contribution in [3.8, 4) is 0 Å². The minimum Gasteiger partial charge on any atom is -0.467 e. The van der Waals surface area contributed by atoms with Crippen LogP contribution in [0, 0.1) is 5.92 Å². The lowest BCUT2D eigenvalue weighted by Gasteiger charge is -2.36. The minimum atomic E-state index is 0.0325. The van der Waals surface area contributed by atoms with Crippen LogP contribution in [0.1, 0.15) is 29.0 Å². The maximum atomic E-state index is 13.4. The van der Waals surface area contributed by atoms with Crippen molar-refractivity contribution in [2.45, 2.75) is 19.4 Å². The second-order valence-corrected chi connectivity index (χ2v) is 8.26. The molecule has 2 aromatic rings. The van der Waals surface area contributed by atoms with Crippen molar-refractivity contribution in [1.82, 2.24) is 9.80 Å². The predicted octanol–water partition coefficient (Wildman–Crippen LogP) is 2.67. The Balaban J connectivity index is 1.34. The lowest BCUT2D eigenvalue weighted by molar-refractivity contribution is -0.137. The molecule has 0 bridgehead atoms. The van der Waals surface area contributed by atoms with Gasteiger partial charge in [-0.15, -0.1) is 0 Å². The molecule has 0 saturated carbocycles. The van der Waals surface area contributed by atoms with E-state index in [0.29, 0.717) is 18.7 Å². The molecule has 4 rings (SSSR count). The number of hydrogen-bond acceptors (Lipinski definition) is 6. The van der Waals surface area contributed by atoms with Gasteiger partial charge >= 0.3 is 0 Å². The number of furan rings is 1. The molecule has 2 fully saturated rings. The summed E-state index contributed by atoms with van der Waals surface area (Å²) in [6.07, 6.45) is 4.19. The highest BCUT2D eigenvalue weighted by Crippen LogP contribution is 2.25. The molecular formula is C24H31N3O4. The van der Waals surface area contributed by atoms with Crippen LogP contribution >= 0.6 is 0 Å². The molecule has 7 heteroatoms. The number of rotatable bonds is 8. The number of morpholine rings is 1. The van der Waals surface area contributed by atoms with E-state index in [1.807, 2.05) is 41.3 Å². The fourth-order valence-corrected chi connectivity index (χ4v) is 4.35. The monoisotopic (exact) mass is 425 g/mol. The summed E-state index contributed by atoms with van der Waals surface area (Å²) in [6.45, 7) is 7.13. The summed E-state index contributed by atoms with van der Waals surface area (Å²) in [5.74, 6) is 1.08. The molecule has 0 unspecified atom stereocenters. The van der Waals surface area contributed by atoms with Crippen LogP contribution in [0.15, 0.2) is 47.1 Å². The first-order valence-electron chi connectivity index (χ1n) is 11.1. The number of amides is 1. The maximum absolute atomic E-state index is 13.4. The van der Waals surface area contributed by atoms with Crippen molar-refractivity contribution in [2.24, 2.45) is 5.92 Å². The standard InChI is InChI=1S/C24H31N3O4/c28-19-20-3-5-22(6-4-20)26-9-7-21(8-10-26)24(29)27(18-23-2-1-15-31-23)12-11-25-13-16-30-17-14-25/h1-6,15,19,21H,7-14,16-18H2. The van der Waals surface area contributed by atoms with E-state index in [9.17, 15) is 9.59 Å². The second kappa shape index (κ2) is 10.6. The summed E-state index contributed by atoms with van der Waals surface area (Å²) < 4.78 is 11.0. The van der Waals surface area contributed by atoms with Crippen LogP contribution in [0.2, 0.25) is 0 Å². The van der Waals surface area contributed by atoms with Crippen LogP contribution in [0.3, 0.4) is 0 Å². The van der Waals surface area contributed by atoms with Crippen molar-refractivity contribution >= 4 is 17.9 Å². The summed E-state index contributed by atoms with van der Waals surface area (Å²) in [6, 6.07) is 11.5. The van der Waals surface area contributed by atoms with Gasteiger partial charge in [0.1, 0.15) is 12.0 Å². The van der Waals surface area contributed by atoms with Gasteiger partial charge in [0.05, 0.1) is 26.0 Å². The number of benzene rings is 1. The molecule has 0 atom stereocenters. The largest absolute Gasteiger partial charge is 0.467 e. The van der Waals surface area contributed by atoms with Crippen LogP contribution in [-0.4, -0.2) is 74.5 Å². The van der Waals surface area contributed by atoms with Gasteiger partial charge in [0.15, 0.2) is 0 Å². The predicted molar refractivity (Wildman–Crippen MR) is 118 cm³/mol. The van der Waals surface area contributed by atoms with E-state index in [1.165, 1.54) is 0 Å². The van der Waals surface area contributed by atoms with Gasteiger partial charge in [0.25, 0.3) is 0 Å². The van der Waals surface area contributed by atoms with E-state index >= 15 is 0 Å². The van der Waals surface area contributed by atoms with Crippen molar-refractivity contribution in [1.29, 1.82) is 0 Å². The third kappa shape index (κ3) is 5.74. The van der Waals surface area contributed by atoms with E-state index in [4.69, 9.17) is 9.15 Å². The average Bonchev–Trinajstić information content (AvgIpc) is 3.35. The Morgan fingerprint density at radius 2 is 1.81 bits per heavy atom. The molecule has 0 N–H and O–H groups in total. The fourth-order valence-electron chi connectivity index (χ4n) is 4.35. The van der Waals surface area contributed by atoms with E-state index < -0.39 is 0 Å². The molecule has 166 valence electrons. The van der Waals surface area contributed by atoms with Crippen molar-refractivity contribution in [3.63, 3.8) is 0 Å². The molecule has 0 aliphatic carbocycles. The molecule has 3 heterocycles. The lowest BCUT2D eigenvalue weighted by Crippen LogP contribution is -2.46. The molecule has 1 amide bonds. The molecule has 7 nitrogen and oxygen atoms in total. The lowest BCUT2D eigenvalue weighted by atomic mass is 9.94. The normalized spacial score (nSPS) is 18.1. The number of nitrogens with zero attached hydrogens (tertiary/aromatic N) is 3. The number of ether oxygens (including phenoxy) is 1. The van der Waals surface area contributed by atoms with E-state index in [-0.39, 0.29) is 11.8 Å². The van der Waals surface area contributed by atoms with Crippen molar-refractivity contribution in [2.75, 3.05) is 57.4 Å². The zero-order valence-corrected chi connectivity index (χ0v) is 17.9. The Morgan fingerprint density at radius 3 is 2.45 bits per heavy atom. The highest BCUT2D eigenvalue weighted by Gasteiger charge is 2.29. The molecule has 0 radical (unpaired) electrons. The first-order chi connectivity index (χ1) is 15.2. The highest BCUT2D eigenvalue weighted by atomic mass is 16.5. The zero-order chi connectivity index (χ0) is 21.5. The highest BCUT2D eigenvalue weighted by molar-refractivity contribution is 5.79. The summed E-state index contributed by atoms with van der Waals surface area (Å²) in [7, 11) is 0. The van der Waals surface area contributed by atoms with Crippen molar-refractivity contribution in [3.05, 3.63) is 54.0 Å². The summed E-state index contributed by atoms with van der Waals surface area (Å²) in [5, 5.41) is 0. The van der Waals surface area contributed by atoms with Gasteiger partial charge in [-0.05, 0) is 49.2 Å². The molecule has 1 aromatic heterocycles. The Morgan fingerprint density at radius 1 is 1.06 bits per heavy atom. The van der Waals surface area contributed by atoms with E-state index in [2.05, 4.69) is 9.80 Å². The Kier molecular flexibility index (Phi) is 7.38. The Hall–Kier alpha value is -2.64. The number of carbonyl (C=O) groups is 2. The van der Waals surface area contributed by atoms with Gasteiger partial charge in [-0.3, -0.25) is 14.5 Å². The number of hydrogen-bond donors (Lipinski definition) is 0. The van der Waals surface area contributed by atoms with Gasteiger partial charge < -0.3 is 19.0 Å². The number of carbonyl (C=O) groups excluding carboxylic acids is 2. The topological polar surface area (TPSA) is 66.2 Å². The number of anilines is 1. The Bertz CT molecular complexity index is 823. The summed E-state index contributed by atoms with van der Waals surface area (Å²) in [5.41, 5.74) is 1.79. The minimum absolute atomic E-state index is 0.0325. The molecular weight excluding hydrogens is 394 g/mol. The molecule has 1 aromatic carbocycles. The van der Waals surface area contributed by atoms with Crippen LogP contribution in [0.5, 0.6) is 0 Å². The quantitative estimate of drug-likeness (QED) is 0.606. The van der Waals surface area contributed by atoms with Crippen LogP contribution in [0.4, 0.5) is 5.69 Å².